The summed E-state index contributed by atoms with van der Waals surface area (Å²) in [6.07, 6.45) is 2.41. The Bertz CT molecular complexity index is 735. The highest BCUT2D eigenvalue weighted by Crippen LogP contribution is 2.27. The predicted molar refractivity (Wildman–Crippen MR) is 84.5 cm³/mol. The number of para-hydroxylation sites is 1. The third-order valence-corrected chi connectivity index (χ3v) is 3.63. The van der Waals surface area contributed by atoms with E-state index in [2.05, 4.69) is 10.3 Å². The molecule has 1 aliphatic heterocycles. The van der Waals surface area contributed by atoms with Gasteiger partial charge in [-0.25, -0.2) is 4.98 Å². The van der Waals surface area contributed by atoms with Crippen LogP contribution >= 0.6 is 0 Å². The van der Waals surface area contributed by atoms with Gasteiger partial charge in [-0.2, -0.15) is 4.39 Å². The molecule has 1 aromatic carbocycles. The first-order valence-corrected chi connectivity index (χ1v) is 7.49. The number of ether oxygens (including phenoxy) is 2. The summed E-state index contributed by atoms with van der Waals surface area (Å²) < 4.78 is 24.6. The topological polar surface area (TPSA) is 86.5 Å². The maximum absolute atomic E-state index is 13.6. The maximum atomic E-state index is 13.6. The van der Waals surface area contributed by atoms with Crippen LogP contribution in [0.15, 0.2) is 36.5 Å². The third kappa shape index (κ3) is 3.77. The lowest BCUT2D eigenvalue weighted by Crippen LogP contribution is -2.16. The summed E-state index contributed by atoms with van der Waals surface area (Å²) >= 11 is 0. The van der Waals surface area contributed by atoms with Crippen LogP contribution in [0.25, 0.3) is 0 Å². The van der Waals surface area contributed by atoms with Crippen molar-refractivity contribution < 1.29 is 18.8 Å². The van der Waals surface area contributed by atoms with Gasteiger partial charge in [0, 0.05) is 25.2 Å². The number of benzene rings is 1. The zero-order valence-corrected chi connectivity index (χ0v) is 12.8. The standard InChI is InChI=1S/C16H16FN3O4/c17-13-2-1-3-14(16(13)20(21)22)19-9-11-4-6-18-15(8-11)24-12-5-7-23-10-12/h1-4,6,8,12,19H,5,7,9-10H2. The van der Waals surface area contributed by atoms with Crippen LogP contribution in [0.4, 0.5) is 15.8 Å². The number of pyridine rings is 1. The van der Waals surface area contributed by atoms with E-state index in [0.717, 1.165) is 18.1 Å². The molecule has 0 aliphatic carbocycles. The summed E-state index contributed by atoms with van der Waals surface area (Å²) in [5.74, 6) is -0.400. The van der Waals surface area contributed by atoms with Gasteiger partial charge in [0.1, 0.15) is 11.8 Å². The summed E-state index contributed by atoms with van der Waals surface area (Å²) in [4.78, 5) is 14.4. The molecule has 1 aliphatic rings. The van der Waals surface area contributed by atoms with Crippen molar-refractivity contribution in [2.45, 2.75) is 19.1 Å². The molecular formula is C16H16FN3O4. The largest absolute Gasteiger partial charge is 0.472 e. The van der Waals surface area contributed by atoms with Crippen LogP contribution in [0, 0.1) is 15.9 Å². The van der Waals surface area contributed by atoms with Gasteiger partial charge in [0.05, 0.1) is 18.1 Å². The Hall–Kier alpha value is -2.74. The number of aromatic nitrogens is 1. The van der Waals surface area contributed by atoms with Gasteiger partial charge in [0.25, 0.3) is 0 Å². The van der Waals surface area contributed by atoms with Crippen LogP contribution in [0.1, 0.15) is 12.0 Å². The van der Waals surface area contributed by atoms with Gasteiger partial charge in [-0.3, -0.25) is 10.1 Å². The predicted octanol–water partition coefficient (Wildman–Crippen LogP) is 2.91. The monoisotopic (exact) mass is 333 g/mol. The quantitative estimate of drug-likeness (QED) is 0.646. The van der Waals surface area contributed by atoms with Gasteiger partial charge in [0.15, 0.2) is 0 Å². The number of nitro benzene ring substituents is 1. The number of nitrogens with one attached hydrogen (secondary N) is 1. The maximum Gasteiger partial charge on any atom is 0.327 e. The number of nitrogens with zero attached hydrogens (tertiary/aromatic N) is 2. The lowest BCUT2D eigenvalue weighted by atomic mass is 10.2. The first-order valence-electron chi connectivity index (χ1n) is 7.49. The molecular weight excluding hydrogens is 317 g/mol. The Kier molecular flexibility index (Phi) is 4.85. The second-order valence-electron chi connectivity index (χ2n) is 5.35. The van der Waals surface area contributed by atoms with Crippen molar-refractivity contribution >= 4 is 11.4 Å². The van der Waals surface area contributed by atoms with Crippen LogP contribution in [-0.2, 0) is 11.3 Å². The first kappa shape index (κ1) is 16.1. The van der Waals surface area contributed by atoms with E-state index >= 15 is 0 Å². The Morgan fingerprint density at radius 3 is 3.08 bits per heavy atom. The van der Waals surface area contributed by atoms with Gasteiger partial charge in [0.2, 0.25) is 11.7 Å². The van der Waals surface area contributed by atoms with E-state index in [1.54, 1.807) is 18.3 Å². The lowest BCUT2D eigenvalue weighted by Gasteiger charge is -2.12. The highest BCUT2D eigenvalue weighted by atomic mass is 19.1. The minimum Gasteiger partial charge on any atom is -0.472 e. The molecule has 0 bridgehead atoms. The lowest BCUT2D eigenvalue weighted by molar-refractivity contribution is -0.386. The fourth-order valence-electron chi connectivity index (χ4n) is 2.44. The summed E-state index contributed by atoms with van der Waals surface area (Å²) in [6.45, 7) is 1.50. The molecule has 1 N–H and O–H groups in total. The second kappa shape index (κ2) is 7.22. The highest BCUT2D eigenvalue weighted by Gasteiger charge is 2.20. The molecule has 3 rings (SSSR count). The number of hydrogen-bond donors (Lipinski definition) is 1. The molecule has 2 heterocycles. The van der Waals surface area contributed by atoms with Crippen LogP contribution < -0.4 is 10.1 Å². The molecule has 0 spiro atoms. The van der Waals surface area contributed by atoms with E-state index in [1.165, 1.54) is 12.1 Å². The molecule has 7 nitrogen and oxygen atoms in total. The molecule has 1 unspecified atom stereocenters. The van der Waals surface area contributed by atoms with Crippen LogP contribution in [0.3, 0.4) is 0 Å². The van der Waals surface area contributed by atoms with E-state index in [0.29, 0.717) is 19.1 Å². The summed E-state index contributed by atoms with van der Waals surface area (Å²) in [6, 6.07) is 7.46. The van der Waals surface area contributed by atoms with Crippen molar-refractivity contribution in [1.82, 2.24) is 4.98 Å². The first-order chi connectivity index (χ1) is 11.6. The average Bonchev–Trinajstić information content (AvgIpc) is 3.06. The Morgan fingerprint density at radius 2 is 2.33 bits per heavy atom. The normalized spacial score (nSPS) is 16.8. The number of halogens is 1. The average molecular weight is 333 g/mol. The molecule has 8 heteroatoms. The smallest absolute Gasteiger partial charge is 0.327 e. The van der Waals surface area contributed by atoms with Crippen molar-refractivity contribution in [2.24, 2.45) is 0 Å². The summed E-state index contributed by atoms with van der Waals surface area (Å²) in [5.41, 5.74) is 0.382. The molecule has 1 atom stereocenters. The van der Waals surface area contributed by atoms with E-state index in [9.17, 15) is 14.5 Å². The zero-order chi connectivity index (χ0) is 16.9. The SMILES string of the molecule is O=[N+]([O-])c1c(F)cccc1NCc1ccnc(OC2CCOC2)c1. The molecule has 1 aromatic heterocycles. The number of hydrogen-bond acceptors (Lipinski definition) is 6. The zero-order valence-electron chi connectivity index (χ0n) is 12.8. The molecule has 0 amide bonds. The molecule has 1 fully saturated rings. The van der Waals surface area contributed by atoms with E-state index < -0.39 is 16.4 Å². The minimum absolute atomic E-state index is 0.00924. The molecule has 0 radical (unpaired) electrons. The highest BCUT2D eigenvalue weighted by molar-refractivity contribution is 5.62. The number of nitro groups is 1. The molecule has 24 heavy (non-hydrogen) atoms. The van der Waals surface area contributed by atoms with Crippen molar-refractivity contribution in [1.29, 1.82) is 0 Å². The molecule has 126 valence electrons. The van der Waals surface area contributed by atoms with Crippen LogP contribution in [-0.4, -0.2) is 29.2 Å². The fourth-order valence-corrected chi connectivity index (χ4v) is 2.44. The van der Waals surface area contributed by atoms with Crippen molar-refractivity contribution in [3.8, 4) is 5.88 Å². The molecule has 1 saturated heterocycles. The van der Waals surface area contributed by atoms with Gasteiger partial charge in [-0.15, -0.1) is 0 Å². The van der Waals surface area contributed by atoms with Crippen molar-refractivity contribution in [2.75, 3.05) is 18.5 Å². The van der Waals surface area contributed by atoms with Crippen LogP contribution in [0.5, 0.6) is 5.88 Å². The van der Waals surface area contributed by atoms with Gasteiger partial charge < -0.3 is 14.8 Å². The van der Waals surface area contributed by atoms with E-state index in [-0.39, 0.29) is 18.3 Å². The van der Waals surface area contributed by atoms with Gasteiger partial charge in [-0.05, 0) is 23.8 Å². The minimum atomic E-state index is -0.870. The Balaban J connectivity index is 1.69. The van der Waals surface area contributed by atoms with Crippen LogP contribution in [0.2, 0.25) is 0 Å². The van der Waals surface area contributed by atoms with Gasteiger partial charge >= 0.3 is 5.69 Å². The number of anilines is 1. The van der Waals surface area contributed by atoms with E-state index in [4.69, 9.17) is 9.47 Å². The Morgan fingerprint density at radius 1 is 1.46 bits per heavy atom. The number of rotatable bonds is 6. The van der Waals surface area contributed by atoms with E-state index in [1.807, 2.05) is 0 Å². The van der Waals surface area contributed by atoms with Crippen molar-refractivity contribution in [3.63, 3.8) is 0 Å². The molecule has 0 saturated carbocycles. The molecule has 2 aromatic rings. The van der Waals surface area contributed by atoms with Gasteiger partial charge in [-0.1, -0.05) is 6.07 Å². The third-order valence-electron chi connectivity index (χ3n) is 3.63. The summed E-state index contributed by atoms with van der Waals surface area (Å²) in [7, 11) is 0. The fraction of sp³-hybridized carbons (Fsp3) is 0.312. The Labute approximate surface area is 137 Å². The second-order valence-corrected chi connectivity index (χ2v) is 5.35. The van der Waals surface area contributed by atoms with Crippen molar-refractivity contribution in [3.05, 3.63) is 58.0 Å². The summed E-state index contributed by atoms with van der Waals surface area (Å²) in [5, 5.41) is 13.9.